The number of primary amides is 1. The fraction of sp³-hybridized carbons (Fsp3) is 0.391. The number of nitrogens with two attached hydrogens (primary N) is 1. The molecule has 1 fully saturated rings. The van der Waals surface area contributed by atoms with E-state index in [1.807, 2.05) is 36.4 Å². The third kappa shape index (κ3) is 6.58. The Morgan fingerprint density at radius 1 is 1.03 bits per heavy atom. The Morgan fingerprint density at radius 2 is 1.72 bits per heavy atom. The second kappa shape index (κ2) is 10.4. The number of hydrogen-bond donors (Lipinski definition) is 2. The fourth-order valence-corrected chi connectivity index (χ4v) is 3.89. The van der Waals surface area contributed by atoms with Crippen LogP contribution in [0.5, 0.6) is 0 Å². The van der Waals surface area contributed by atoms with Crippen molar-refractivity contribution in [1.29, 1.82) is 0 Å². The van der Waals surface area contributed by atoms with Crippen molar-refractivity contribution in [2.24, 2.45) is 11.7 Å². The predicted molar refractivity (Wildman–Crippen MR) is 117 cm³/mol. The van der Waals surface area contributed by atoms with Gasteiger partial charge in [-0.1, -0.05) is 41.9 Å². The summed E-state index contributed by atoms with van der Waals surface area (Å²) < 4.78 is 0. The summed E-state index contributed by atoms with van der Waals surface area (Å²) in [6.45, 7) is 2.81. The van der Waals surface area contributed by atoms with Crippen LogP contribution in [-0.2, 0) is 22.4 Å². The molecule has 2 amide bonds. The van der Waals surface area contributed by atoms with Gasteiger partial charge in [0.25, 0.3) is 0 Å². The number of halogens is 1. The summed E-state index contributed by atoms with van der Waals surface area (Å²) in [5.41, 5.74) is 8.41. The van der Waals surface area contributed by atoms with Crippen LogP contribution in [0.25, 0.3) is 0 Å². The minimum atomic E-state index is -0.172. The molecule has 0 unspecified atom stereocenters. The molecule has 0 atom stereocenters. The number of likely N-dealkylation sites (tertiary alicyclic amines) is 1. The maximum Gasteiger partial charge on any atom is 0.224 e. The van der Waals surface area contributed by atoms with Gasteiger partial charge in [-0.2, -0.15) is 0 Å². The van der Waals surface area contributed by atoms with Gasteiger partial charge in [0, 0.05) is 29.6 Å². The van der Waals surface area contributed by atoms with Crippen LogP contribution in [0, 0.1) is 5.92 Å². The van der Waals surface area contributed by atoms with Gasteiger partial charge >= 0.3 is 0 Å². The van der Waals surface area contributed by atoms with Crippen LogP contribution in [-0.4, -0.2) is 36.3 Å². The third-order valence-electron chi connectivity index (χ3n) is 5.52. The molecule has 0 radical (unpaired) electrons. The molecule has 154 valence electrons. The highest BCUT2D eigenvalue weighted by molar-refractivity contribution is 6.31. The van der Waals surface area contributed by atoms with Gasteiger partial charge in [0.05, 0.1) is 0 Å². The number of aryl methyl sites for hydroxylation is 1. The summed E-state index contributed by atoms with van der Waals surface area (Å²) in [5, 5.41) is 3.64. The number of nitrogens with one attached hydrogen (secondary N) is 1. The highest BCUT2D eigenvalue weighted by Gasteiger charge is 2.22. The normalized spacial score (nSPS) is 15.2. The predicted octanol–water partition coefficient (Wildman–Crippen LogP) is 3.65. The molecule has 0 bridgehead atoms. The minimum absolute atomic E-state index is 0.0185. The summed E-state index contributed by atoms with van der Waals surface area (Å²) in [4.78, 5) is 25.8. The SMILES string of the molecule is NC(=O)C1CCN(CCc2ccc(NC(=O)CCc3ccccc3Cl)cc2)CC1. The number of carbonyl (C=O) groups is 2. The fourth-order valence-electron chi connectivity index (χ4n) is 3.66. The molecule has 29 heavy (non-hydrogen) atoms. The lowest BCUT2D eigenvalue weighted by atomic mass is 9.96. The van der Waals surface area contributed by atoms with Crippen LogP contribution in [0.15, 0.2) is 48.5 Å². The van der Waals surface area contributed by atoms with E-state index in [1.54, 1.807) is 0 Å². The average molecular weight is 414 g/mol. The molecule has 0 spiro atoms. The molecule has 2 aromatic rings. The highest BCUT2D eigenvalue weighted by atomic mass is 35.5. The molecule has 1 heterocycles. The van der Waals surface area contributed by atoms with Crippen molar-refractivity contribution in [2.45, 2.75) is 32.1 Å². The maximum absolute atomic E-state index is 12.2. The van der Waals surface area contributed by atoms with Gasteiger partial charge in [0.2, 0.25) is 11.8 Å². The first-order valence-corrected chi connectivity index (χ1v) is 10.5. The molecular weight excluding hydrogens is 386 g/mol. The van der Waals surface area contributed by atoms with E-state index in [9.17, 15) is 9.59 Å². The summed E-state index contributed by atoms with van der Waals surface area (Å²) in [6, 6.07) is 15.6. The Kier molecular flexibility index (Phi) is 7.67. The van der Waals surface area contributed by atoms with Crippen LogP contribution >= 0.6 is 11.6 Å². The van der Waals surface area contributed by atoms with Crippen LogP contribution < -0.4 is 11.1 Å². The van der Waals surface area contributed by atoms with Gasteiger partial charge in [0.1, 0.15) is 0 Å². The third-order valence-corrected chi connectivity index (χ3v) is 5.89. The van der Waals surface area contributed by atoms with E-state index >= 15 is 0 Å². The lowest BCUT2D eigenvalue weighted by Gasteiger charge is -2.30. The van der Waals surface area contributed by atoms with Crippen LogP contribution in [0.2, 0.25) is 5.02 Å². The molecular formula is C23H28ClN3O2. The summed E-state index contributed by atoms with van der Waals surface area (Å²) in [6.07, 6.45) is 3.67. The second-order valence-electron chi connectivity index (χ2n) is 7.60. The van der Waals surface area contributed by atoms with E-state index in [1.165, 1.54) is 5.56 Å². The monoisotopic (exact) mass is 413 g/mol. The Hall–Kier alpha value is -2.37. The topological polar surface area (TPSA) is 75.4 Å². The van der Waals surface area contributed by atoms with Gasteiger partial charge in [-0.05, 0) is 68.1 Å². The van der Waals surface area contributed by atoms with E-state index < -0.39 is 0 Å². The zero-order valence-corrected chi connectivity index (χ0v) is 17.3. The molecule has 1 aliphatic rings. The smallest absolute Gasteiger partial charge is 0.224 e. The Morgan fingerprint density at radius 3 is 2.38 bits per heavy atom. The van der Waals surface area contributed by atoms with E-state index in [4.69, 9.17) is 17.3 Å². The van der Waals surface area contributed by atoms with Gasteiger partial charge in [0.15, 0.2) is 0 Å². The average Bonchev–Trinajstić information content (AvgIpc) is 2.73. The number of benzene rings is 2. The molecule has 1 saturated heterocycles. The number of nitrogens with zero attached hydrogens (tertiary/aromatic N) is 1. The standard InChI is InChI=1S/C23H28ClN3O2/c24-21-4-2-1-3-18(21)7-10-22(28)26-20-8-5-17(6-9-20)11-14-27-15-12-19(13-16-27)23(25)29/h1-6,8-9,19H,7,10-16H2,(H2,25,29)(H,26,28). The van der Waals surface area contributed by atoms with Crippen molar-refractivity contribution in [2.75, 3.05) is 25.0 Å². The van der Waals surface area contributed by atoms with Crippen molar-refractivity contribution in [3.8, 4) is 0 Å². The van der Waals surface area contributed by atoms with E-state index in [0.29, 0.717) is 17.9 Å². The number of hydrogen-bond acceptors (Lipinski definition) is 3. The molecule has 5 nitrogen and oxygen atoms in total. The van der Waals surface area contributed by atoms with Crippen molar-refractivity contribution >= 4 is 29.1 Å². The highest BCUT2D eigenvalue weighted by Crippen LogP contribution is 2.19. The van der Waals surface area contributed by atoms with Gasteiger partial charge in [-0.3, -0.25) is 9.59 Å². The zero-order valence-electron chi connectivity index (χ0n) is 16.6. The number of carbonyl (C=O) groups excluding carboxylic acids is 2. The van der Waals surface area contributed by atoms with Crippen molar-refractivity contribution in [3.05, 3.63) is 64.7 Å². The van der Waals surface area contributed by atoms with Crippen LogP contribution in [0.3, 0.4) is 0 Å². The molecule has 2 aromatic carbocycles. The second-order valence-corrected chi connectivity index (χ2v) is 8.01. The van der Waals surface area contributed by atoms with E-state index in [2.05, 4.69) is 22.3 Å². The molecule has 3 rings (SSSR count). The van der Waals surface area contributed by atoms with E-state index in [-0.39, 0.29) is 17.7 Å². The molecule has 6 heteroatoms. The first-order valence-electron chi connectivity index (χ1n) is 10.1. The number of anilines is 1. The van der Waals surface area contributed by atoms with Crippen molar-refractivity contribution < 1.29 is 9.59 Å². The minimum Gasteiger partial charge on any atom is -0.369 e. The van der Waals surface area contributed by atoms with Gasteiger partial charge in [-0.25, -0.2) is 0 Å². The quantitative estimate of drug-likeness (QED) is 0.693. The summed E-state index contributed by atoms with van der Waals surface area (Å²) >= 11 is 6.14. The summed E-state index contributed by atoms with van der Waals surface area (Å²) in [7, 11) is 0. The van der Waals surface area contributed by atoms with Crippen molar-refractivity contribution in [3.63, 3.8) is 0 Å². The van der Waals surface area contributed by atoms with Crippen LogP contribution in [0.1, 0.15) is 30.4 Å². The lowest BCUT2D eigenvalue weighted by molar-refractivity contribution is -0.123. The van der Waals surface area contributed by atoms with Gasteiger partial charge in [-0.15, -0.1) is 0 Å². The Labute approximate surface area is 177 Å². The van der Waals surface area contributed by atoms with Crippen LogP contribution in [0.4, 0.5) is 5.69 Å². The van der Waals surface area contributed by atoms with Crippen molar-refractivity contribution in [1.82, 2.24) is 4.90 Å². The molecule has 1 aliphatic heterocycles. The Balaban J connectivity index is 1.40. The lowest BCUT2D eigenvalue weighted by Crippen LogP contribution is -2.39. The first-order chi connectivity index (χ1) is 14.0. The first kappa shape index (κ1) is 21.3. The molecule has 0 aliphatic carbocycles. The zero-order chi connectivity index (χ0) is 20.6. The maximum atomic E-state index is 12.2. The molecule has 0 aromatic heterocycles. The Bertz CT molecular complexity index is 830. The number of amides is 2. The largest absolute Gasteiger partial charge is 0.369 e. The number of rotatable bonds is 8. The molecule has 3 N–H and O–H groups in total. The number of piperidine rings is 1. The van der Waals surface area contributed by atoms with Gasteiger partial charge < -0.3 is 16.0 Å². The summed E-state index contributed by atoms with van der Waals surface area (Å²) in [5.74, 6) is -0.156. The van der Waals surface area contributed by atoms with E-state index in [0.717, 1.165) is 50.1 Å². The molecule has 0 saturated carbocycles.